The minimum absolute atomic E-state index is 0.0252. The van der Waals surface area contributed by atoms with Crippen LogP contribution in [0.2, 0.25) is 0 Å². The van der Waals surface area contributed by atoms with Crippen molar-refractivity contribution in [1.29, 1.82) is 5.26 Å². The van der Waals surface area contributed by atoms with Crippen molar-refractivity contribution >= 4 is 17.9 Å². The van der Waals surface area contributed by atoms with E-state index < -0.39 is 11.8 Å². The molecule has 0 atom stereocenters. The Labute approximate surface area is 215 Å². The summed E-state index contributed by atoms with van der Waals surface area (Å²) in [4.78, 5) is 27.1. The number of carbonyl (C=O) groups excluding carboxylic acids is 2. The Morgan fingerprint density at radius 1 is 1.08 bits per heavy atom. The van der Waals surface area contributed by atoms with Crippen molar-refractivity contribution in [3.8, 4) is 28.8 Å². The zero-order valence-electron chi connectivity index (χ0n) is 21.0. The number of hydrogen-bond donors (Lipinski definition) is 1. The largest absolute Gasteiger partial charge is 0.491 e. The predicted octanol–water partition coefficient (Wildman–Crippen LogP) is 4.30. The van der Waals surface area contributed by atoms with E-state index in [-0.39, 0.29) is 36.8 Å². The first-order chi connectivity index (χ1) is 17.8. The molecule has 8 heteroatoms. The van der Waals surface area contributed by atoms with Gasteiger partial charge in [-0.3, -0.25) is 14.5 Å². The maximum absolute atomic E-state index is 13.4. The Bertz CT molecular complexity index is 1410. The number of aromatic nitrogens is 2. The van der Waals surface area contributed by atoms with Crippen LogP contribution >= 0.6 is 0 Å². The summed E-state index contributed by atoms with van der Waals surface area (Å²) in [5.41, 5.74) is 3.41. The molecule has 4 rings (SSSR count). The summed E-state index contributed by atoms with van der Waals surface area (Å²) in [6, 6.07) is 19.1. The fraction of sp³-hybridized carbons (Fsp3) is 0.241. The highest BCUT2D eigenvalue weighted by atomic mass is 16.5. The van der Waals surface area contributed by atoms with Crippen LogP contribution in [0.1, 0.15) is 32.8 Å². The van der Waals surface area contributed by atoms with Crippen LogP contribution < -0.4 is 4.74 Å². The summed E-state index contributed by atoms with van der Waals surface area (Å²) in [5.74, 6) is -0.412. The number of imide groups is 1. The second kappa shape index (κ2) is 11.1. The van der Waals surface area contributed by atoms with Gasteiger partial charge in [0.1, 0.15) is 17.4 Å². The summed E-state index contributed by atoms with van der Waals surface area (Å²) >= 11 is 0. The van der Waals surface area contributed by atoms with Crippen LogP contribution in [0.5, 0.6) is 5.75 Å². The van der Waals surface area contributed by atoms with Gasteiger partial charge in [-0.1, -0.05) is 18.2 Å². The maximum atomic E-state index is 13.4. The fourth-order valence-electron chi connectivity index (χ4n) is 4.11. The molecule has 188 valence electrons. The third-order valence-corrected chi connectivity index (χ3v) is 5.93. The zero-order chi connectivity index (χ0) is 26.5. The van der Waals surface area contributed by atoms with Crippen LogP contribution in [0.15, 0.2) is 77.5 Å². The van der Waals surface area contributed by atoms with Crippen molar-refractivity contribution in [3.05, 3.63) is 83.1 Å². The Balaban J connectivity index is 1.85. The van der Waals surface area contributed by atoms with Gasteiger partial charge in [0.05, 0.1) is 17.5 Å². The van der Waals surface area contributed by atoms with Gasteiger partial charge in [0, 0.05) is 36.0 Å². The number of benzene rings is 2. The van der Waals surface area contributed by atoms with E-state index in [0.29, 0.717) is 16.8 Å². The van der Waals surface area contributed by atoms with Crippen LogP contribution in [0.3, 0.4) is 0 Å². The Hall–Kier alpha value is -4.48. The molecule has 2 aromatic carbocycles. The minimum atomic E-state index is -0.642. The highest BCUT2D eigenvalue weighted by Gasteiger charge is 2.35. The van der Waals surface area contributed by atoms with Gasteiger partial charge >= 0.3 is 0 Å². The number of carbonyl (C=O) groups is 2. The molecule has 0 saturated carbocycles. The highest BCUT2D eigenvalue weighted by Crippen LogP contribution is 2.32. The average molecular weight is 497 g/mol. The van der Waals surface area contributed by atoms with Gasteiger partial charge in [-0.2, -0.15) is 10.4 Å². The van der Waals surface area contributed by atoms with Crippen LogP contribution in [-0.4, -0.2) is 50.9 Å². The molecule has 0 aliphatic carbocycles. The van der Waals surface area contributed by atoms with Crippen molar-refractivity contribution in [2.75, 3.05) is 13.2 Å². The molecule has 0 spiro atoms. The lowest BCUT2D eigenvalue weighted by molar-refractivity contribution is -0.140. The molecule has 1 aliphatic heterocycles. The molecule has 0 fully saturated rings. The fourth-order valence-corrected chi connectivity index (χ4v) is 4.11. The van der Waals surface area contributed by atoms with Crippen LogP contribution in [-0.2, 0) is 9.59 Å². The first kappa shape index (κ1) is 25.6. The summed E-state index contributed by atoms with van der Waals surface area (Å²) in [6.45, 7) is 5.37. The Morgan fingerprint density at radius 2 is 1.78 bits per heavy atom. The molecule has 3 aromatic rings. The SMILES string of the molecule is CC1=C(C#N)C(=O)N(CCCO)C(=O)/C1=C/c1cn(-c2ccccc2)nc1-c1ccc(OC(C)C)cc1. The zero-order valence-corrected chi connectivity index (χ0v) is 21.0. The summed E-state index contributed by atoms with van der Waals surface area (Å²) in [7, 11) is 0. The van der Waals surface area contributed by atoms with Gasteiger partial charge in [0.2, 0.25) is 0 Å². The van der Waals surface area contributed by atoms with Crippen molar-refractivity contribution in [3.63, 3.8) is 0 Å². The lowest BCUT2D eigenvalue weighted by Crippen LogP contribution is -2.43. The third-order valence-electron chi connectivity index (χ3n) is 5.93. The van der Waals surface area contributed by atoms with E-state index in [0.717, 1.165) is 21.9 Å². The van der Waals surface area contributed by atoms with E-state index in [9.17, 15) is 20.0 Å². The number of aliphatic hydroxyl groups is 1. The van der Waals surface area contributed by atoms with Gasteiger partial charge in [0.15, 0.2) is 0 Å². The monoisotopic (exact) mass is 496 g/mol. The van der Waals surface area contributed by atoms with E-state index in [2.05, 4.69) is 0 Å². The number of para-hydroxylation sites is 1. The molecule has 1 N–H and O–H groups in total. The number of aliphatic hydroxyl groups excluding tert-OH is 1. The first-order valence-electron chi connectivity index (χ1n) is 12.1. The lowest BCUT2D eigenvalue weighted by Gasteiger charge is -2.27. The van der Waals surface area contributed by atoms with E-state index in [1.807, 2.05) is 80.7 Å². The van der Waals surface area contributed by atoms with Crippen molar-refractivity contribution in [1.82, 2.24) is 14.7 Å². The van der Waals surface area contributed by atoms with Gasteiger partial charge in [0.25, 0.3) is 11.8 Å². The second-order valence-corrected chi connectivity index (χ2v) is 8.91. The third kappa shape index (κ3) is 5.37. The van der Waals surface area contributed by atoms with E-state index in [4.69, 9.17) is 9.84 Å². The Kier molecular flexibility index (Phi) is 7.66. The molecular weight excluding hydrogens is 468 g/mol. The number of ether oxygens (including phenoxy) is 1. The molecule has 0 radical (unpaired) electrons. The predicted molar refractivity (Wildman–Crippen MR) is 139 cm³/mol. The molecule has 1 aromatic heterocycles. The molecule has 8 nitrogen and oxygen atoms in total. The standard InChI is InChI=1S/C29H28N4O4/c1-19(2)37-24-12-10-21(11-13-24)27-22(18-33(31-27)23-8-5-4-6-9-23)16-25-20(3)26(17-30)29(36)32(28(25)35)14-7-15-34/h4-6,8-13,16,18-19,34H,7,14-15H2,1-3H3/b25-16+. The van der Waals surface area contributed by atoms with Gasteiger partial charge in [-0.05, 0) is 75.2 Å². The number of nitriles is 1. The Morgan fingerprint density at radius 3 is 2.41 bits per heavy atom. The van der Waals surface area contributed by atoms with Crippen molar-refractivity contribution in [2.24, 2.45) is 0 Å². The van der Waals surface area contributed by atoms with Crippen molar-refractivity contribution < 1.29 is 19.4 Å². The molecular formula is C29H28N4O4. The molecule has 0 unspecified atom stereocenters. The number of nitrogens with zero attached hydrogens (tertiary/aromatic N) is 4. The summed E-state index contributed by atoms with van der Waals surface area (Å²) in [5, 5.41) is 23.7. The van der Waals surface area contributed by atoms with E-state index in [1.165, 1.54) is 0 Å². The minimum Gasteiger partial charge on any atom is -0.491 e. The molecule has 2 heterocycles. The molecule has 0 saturated heterocycles. The number of rotatable bonds is 8. The first-order valence-corrected chi connectivity index (χ1v) is 12.1. The normalized spacial score (nSPS) is 15.0. The average Bonchev–Trinajstić information content (AvgIpc) is 3.31. The van der Waals surface area contributed by atoms with Gasteiger partial charge in [-0.15, -0.1) is 0 Å². The smallest absolute Gasteiger partial charge is 0.271 e. The summed E-state index contributed by atoms with van der Waals surface area (Å²) < 4.78 is 7.49. The summed E-state index contributed by atoms with van der Waals surface area (Å²) in [6.07, 6.45) is 3.76. The van der Waals surface area contributed by atoms with Crippen LogP contribution in [0.25, 0.3) is 23.0 Å². The van der Waals surface area contributed by atoms with Crippen molar-refractivity contribution in [2.45, 2.75) is 33.3 Å². The quantitative estimate of drug-likeness (QED) is 0.368. The molecule has 2 amide bonds. The lowest BCUT2D eigenvalue weighted by atomic mass is 9.93. The van der Waals surface area contributed by atoms with Crippen LogP contribution in [0.4, 0.5) is 0 Å². The van der Waals surface area contributed by atoms with Crippen LogP contribution in [0, 0.1) is 11.3 Å². The second-order valence-electron chi connectivity index (χ2n) is 8.91. The highest BCUT2D eigenvalue weighted by molar-refractivity contribution is 6.19. The number of amides is 2. The molecule has 0 bridgehead atoms. The topological polar surface area (TPSA) is 108 Å². The van der Waals surface area contributed by atoms with Gasteiger partial charge in [-0.25, -0.2) is 4.68 Å². The van der Waals surface area contributed by atoms with E-state index >= 15 is 0 Å². The van der Waals surface area contributed by atoms with Gasteiger partial charge < -0.3 is 9.84 Å². The maximum Gasteiger partial charge on any atom is 0.271 e. The number of hydrogen-bond acceptors (Lipinski definition) is 6. The molecule has 1 aliphatic rings. The van der Waals surface area contributed by atoms with E-state index in [1.54, 1.807) is 17.7 Å². The molecule has 37 heavy (non-hydrogen) atoms.